The van der Waals surface area contributed by atoms with Crippen LogP contribution in [0.2, 0.25) is 0 Å². The molecule has 0 aromatic heterocycles. The van der Waals surface area contributed by atoms with E-state index in [-0.39, 0.29) is 6.04 Å². The van der Waals surface area contributed by atoms with Crippen LogP contribution in [-0.2, 0) is 9.53 Å². The summed E-state index contributed by atoms with van der Waals surface area (Å²) < 4.78 is 5.59. The maximum Gasteiger partial charge on any atom is 0.323 e. The van der Waals surface area contributed by atoms with Gasteiger partial charge < -0.3 is 20.5 Å². The van der Waals surface area contributed by atoms with E-state index in [1.54, 1.807) is 0 Å². The molecule has 0 amide bonds. The zero-order chi connectivity index (χ0) is 12.5. The molecule has 1 aliphatic carbocycles. The Kier molecular flexibility index (Phi) is 3.70. The summed E-state index contributed by atoms with van der Waals surface area (Å²) in [6.07, 6.45) is 4.56. The maximum atomic E-state index is 11.1. The van der Waals surface area contributed by atoms with Crippen LogP contribution in [0.25, 0.3) is 0 Å². The highest BCUT2D eigenvalue weighted by Gasteiger charge is 2.43. The van der Waals surface area contributed by atoms with Crippen molar-refractivity contribution in [2.24, 2.45) is 5.73 Å². The van der Waals surface area contributed by atoms with Gasteiger partial charge in [-0.05, 0) is 39.2 Å². The highest BCUT2D eigenvalue weighted by molar-refractivity contribution is 5.79. The Hall–Kier alpha value is -0.650. The molecule has 0 bridgehead atoms. The van der Waals surface area contributed by atoms with Crippen molar-refractivity contribution in [1.29, 1.82) is 0 Å². The van der Waals surface area contributed by atoms with E-state index in [0.29, 0.717) is 18.9 Å². The van der Waals surface area contributed by atoms with E-state index >= 15 is 0 Å². The fourth-order valence-electron chi connectivity index (χ4n) is 2.88. The average Bonchev–Trinajstić information content (AvgIpc) is 2.88. The van der Waals surface area contributed by atoms with Crippen LogP contribution in [0.15, 0.2) is 0 Å². The molecule has 2 fully saturated rings. The number of hydrogen-bond acceptors (Lipinski definition) is 4. The first-order valence-electron chi connectivity index (χ1n) is 6.35. The van der Waals surface area contributed by atoms with E-state index in [9.17, 15) is 4.79 Å². The Morgan fingerprint density at radius 3 is 2.88 bits per heavy atom. The van der Waals surface area contributed by atoms with Gasteiger partial charge in [0.1, 0.15) is 5.54 Å². The lowest BCUT2D eigenvalue weighted by Crippen LogP contribution is -2.47. The summed E-state index contributed by atoms with van der Waals surface area (Å²) >= 11 is 0. The van der Waals surface area contributed by atoms with Gasteiger partial charge in [0.05, 0.1) is 6.10 Å². The van der Waals surface area contributed by atoms with Crippen molar-refractivity contribution in [1.82, 2.24) is 4.90 Å². The average molecular weight is 242 g/mol. The number of nitrogens with zero attached hydrogens (tertiary/aromatic N) is 1. The molecular weight excluding hydrogens is 220 g/mol. The predicted molar refractivity (Wildman–Crippen MR) is 63.8 cm³/mol. The van der Waals surface area contributed by atoms with Crippen molar-refractivity contribution in [2.75, 3.05) is 20.2 Å². The number of rotatable bonds is 4. The fraction of sp³-hybridized carbons (Fsp3) is 0.917. The minimum absolute atomic E-state index is 0.278. The van der Waals surface area contributed by atoms with Crippen molar-refractivity contribution < 1.29 is 14.6 Å². The lowest BCUT2D eigenvalue weighted by molar-refractivity contribution is -0.143. The first-order chi connectivity index (χ1) is 8.01. The molecule has 0 aromatic carbocycles. The van der Waals surface area contributed by atoms with E-state index in [4.69, 9.17) is 15.6 Å². The van der Waals surface area contributed by atoms with Crippen molar-refractivity contribution in [3.05, 3.63) is 0 Å². The third-order valence-electron chi connectivity index (χ3n) is 4.09. The molecule has 1 aliphatic heterocycles. The van der Waals surface area contributed by atoms with E-state index < -0.39 is 11.5 Å². The van der Waals surface area contributed by atoms with Crippen LogP contribution in [0, 0.1) is 0 Å². The number of carbonyl (C=O) groups is 1. The SMILES string of the molecule is CN(CC1CCCO1)C1CCC(N)(C(=O)O)C1. The number of nitrogens with two attached hydrogens (primary N) is 1. The number of carboxylic acids is 1. The lowest BCUT2D eigenvalue weighted by atomic mass is 9.99. The summed E-state index contributed by atoms with van der Waals surface area (Å²) in [5, 5.41) is 9.09. The van der Waals surface area contributed by atoms with Crippen LogP contribution >= 0.6 is 0 Å². The lowest BCUT2D eigenvalue weighted by Gasteiger charge is -2.27. The van der Waals surface area contributed by atoms with Crippen LogP contribution < -0.4 is 5.73 Å². The summed E-state index contributed by atoms with van der Waals surface area (Å²) in [6.45, 7) is 1.75. The molecule has 0 radical (unpaired) electrons. The second-order valence-electron chi connectivity index (χ2n) is 5.43. The van der Waals surface area contributed by atoms with Crippen molar-refractivity contribution in [3.63, 3.8) is 0 Å². The van der Waals surface area contributed by atoms with E-state index in [2.05, 4.69) is 4.90 Å². The molecule has 17 heavy (non-hydrogen) atoms. The molecule has 0 aromatic rings. The Balaban J connectivity index is 1.85. The van der Waals surface area contributed by atoms with Crippen molar-refractivity contribution in [2.45, 2.75) is 49.8 Å². The smallest absolute Gasteiger partial charge is 0.323 e. The minimum Gasteiger partial charge on any atom is -0.480 e. The van der Waals surface area contributed by atoms with Crippen LogP contribution in [0.5, 0.6) is 0 Å². The summed E-state index contributed by atoms with van der Waals surface area (Å²) in [7, 11) is 2.04. The molecule has 1 saturated carbocycles. The van der Waals surface area contributed by atoms with E-state index in [1.807, 2.05) is 7.05 Å². The summed E-state index contributed by atoms with van der Waals surface area (Å²) in [6, 6.07) is 0.278. The molecule has 3 unspecified atom stereocenters. The molecule has 2 aliphatic rings. The standard InChI is InChI=1S/C12H22N2O3/c1-14(8-10-3-2-6-17-10)9-4-5-12(13,7-9)11(15)16/h9-10H,2-8,13H2,1H3,(H,15,16). The molecule has 5 nitrogen and oxygen atoms in total. The van der Waals surface area contributed by atoms with E-state index in [0.717, 1.165) is 32.4 Å². The largest absolute Gasteiger partial charge is 0.480 e. The minimum atomic E-state index is -1.02. The number of aliphatic carboxylic acids is 1. The second-order valence-corrected chi connectivity index (χ2v) is 5.43. The van der Waals surface area contributed by atoms with Crippen LogP contribution in [-0.4, -0.2) is 53.9 Å². The number of carboxylic acid groups (broad SMARTS) is 1. The predicted octanol–water partition coefficient (Wildman–Crippen LogP) is 0.432. The van der Waals surface area contributed by atoms with Gasteiger partial charge >= 0.3 is 5.97 Å². The molecule has 1 heterocycles. The zero-order valence-electron chi connectivity index (χ0n) is 10.4. The third-order valence-corrected chi connectivity index (χ3v) is 4.09. The van der Waals surface area contributed by atoms with Gasteiger partial charge in [-0.3, -0.25) is 4.79 Å². The van der Waals surface area contributed by atoms with Gasteiger partial charge in [-0.2, -0.15) is 0 Å². The zero-order valence-corrected chi connectivity index (χ0v) is 10.4. The van der Waals surface area contributed by atoms with Gasteiger partial charge in [-0.25, -0.2) is 0 Å². The molecule has 98 valence electrons. The molecule has 3 N–H and O–H groups in total. The fourth-order valence-corrected chi connectivity index (χ4v) is 2.88. The Morgan fingerprint density at radius 1 is 1.59 bits per heavy atom. The van der Waals surface area contributed by atoms with Gasteiger partial charge in [0.25, 0.3) is 0 Å². The first kappa shape index (κ1) is 12.8. The molecule has 0 spiro atoms. The molecule has 2 rings (SSSR count). The molecular formula is C12H22N2O3. The topological polar surface area (TPSA) is 75.8 Å². The van der Waals surface area contributed by atoms with Crippen LogP contribution in [0.3, 0.4) is 0 Å². The number of hydrogen-bond donors (Lipinski definition) is 2. The van der Waals surface area contributed by atoms with Crippen LogP contribution in [0.4, 0.5) is 0 Å². The monoisotopic (exact) mass is 242 g/mol. The number of likely N-dealkylation sites (N-methyl/N-ethyl adjacent to an activating group) is 1. The summed E-state index contributed by atoms with van der Waals surface area (Å²) in [4.78, 5) is 13.3. The highest BCUT2D eigenvalue weighted by atomic mass is 16.5. The molecule has 5 heteroatoms. The van der Waals surface area contributed by atoms with Gasteiger partial charge in [0, 0.05) is 19.2 Å². The maximum absolute atomic E-state index is 11.1. The Bertz CT molecular complexity index is 291. The van der Waals surface area contributed by atoms with Gasteiger partial charge in [0.15, 0.2) is 0 Å². The van der Waals surface area contributed by atoms with Gasteiger partial charge in [0.2, 0.25) is 0 Å². The third kappa shape index (κ3) is 2.78. The normalized spacial score (nSPS) is 37.8. The highest BCUT2D eigenvalue weighted by Crippen LogP contribution is 2.31. The van der Waals surface area contributed by atoms with Gasteiger partial charge in [-0.15, -0.1) is 0 Å². The summed E-state index contributed by atoms with van der Waals surface area (Å²) in [5.41, 5.74) is 4.86. The number of ether oxygens (including phenoxy) is 1. The first-order valence-corrected chi connectivity index (χ1v) is 6.35. The summed E-state index contributed by atoms with van der Waals surface area (Å²) in [5.74, 6) is -0.870. The Labute approximate surface area is 102 Å². The van der Waals surface area contributed by atoms with Crippen molar-refractivity contribution in [3.8, 4) is 0 Å². The van der Waals surface area contributed by atoms with Crippen molar-refractivity contribution >= 4 is 5.97 Å². The Morgan fingerprint density at radius 2 is 2.35 bits per heavy atom. The quantitative estimate of drug-likeness (QED) is 0.747. The molecule has 3 atom stereocenters. The van der Waals surface area contributed by atoms with Crippen LogP contribution in [0.1, 0.15) is 32.1 Å². The van der Waals surface area contributed by atoms with E-state index in [1.165, 1.54) is 0 Å². The van der Waals surface area contributed by atoms with Gasteiger partial charge in [-0.1, -0.05) is 0 Å². The molecule has 1 saturated heterocycles. The second kappa shape index (κ2) is 4.92.